The molecule has 0 N–H and O–H groups in total. The average molecular weight is 269 g/mol. The molecule has 1 fully saturated rings. The zero-order valence-corrected chi connectivity index (χ0v) is 12.3. The molecular weight excluding hydrogens is 246 g/mol. The molecule has 0 amide bonds. The molecule has 0 saturated carbocycles. The number of nitrogens with zero attached hydrogens (tertiary/aromatic N) is 3. The summed E-state index contributed by atoms with van der Waals surface area (Å²) < 4.78 is 2.16. The highest BCUT2D eigenvalue weighted by atomic mass is 15.4. The lowest BCUT2D eigenvalue weighted by Gasteiger charge is -2.28. The third kappa shape index (κ3) is 2.87. The van der Waals surface area contributed by atoms with Crippen molar-refractivity contribution in [3.8, 4) is 0 Å². The molecule has 1 aromatic carbocycles. The van der Waals surface area contributed by atoms with Crippen LogP contribution in [0.25, 0.3) is 0 Å². The van der Waals surface area contributed by atoms with Crippen LogP contribution in [0.3, 0.4) is 0 Å². The van der Waals surface area contributed by atoms with Crippen LogP contribution >= 0.6 is 0 Å². The molecule has 1 saturated heterocycles. The molecule has 3 heteroatoms. The van der Waals surface area contributed by atoms with Crippen LogP contribution in [-0.4, -0.2) is 22.9 Å². The second kappa shape index (κ2) is 6.12. The minimum absolute atomic E-state index is 0.925. The Kier molecular flexibility index (Phi) is 4.05. The lowest BCUT2D eigenvalue weighted by molar-refractivity contribution is 0.549. The highest BCUT2D eigenvalue weighted by Crippen LogP contribution is 2.22. The number of aryl methyl sites for hydroxylation is 1. The Balaban J connectivity index is 1.81. The fourth-order valence-electron chi connectivity index (χ4n) is 2.96. The second-order valence-corrected chi connectivity index (χ2v) is 5.52. The SMILES string of the molecule is CCn1nc(Cc2ccccc2)cc1N1CCCCC1. The molecule has 1 aromatic heterocycles. The lowest BCUT2D eigenvalue weighted by atomic mass is 10.1. The first-order chi connectivity index (χ1) is 9.86. The molecule has 106 valence electrons. The van der Waals surface area contributed by atoms with Crippen molar-refractivity contribution in [1.82, 2.24) is 9.78 Å². The summed E-state index contributed by atoms with van der Waals surface area (Å²) in [5.74, 6) is 1.30. The number of piperidine rings is 1. The molecular formula is C17H23N3. The zero-order valence-electron chi connectivity index (χ0n) is 12.3. The topological polar surface area (TPSA) is 21.1 Å². The molecule has 0 unspecified atom stereocenters. The van der Waals surface area contributed by atoms with Gasteiger partial charge in [-0.05, 0) is 31.7 Å². The summed E-state index contributed by atoms with van der Waals surface area (Å²) in [7, 11) is 0. The van der Waals surface area contributed by atoms with Gasteiger partial charge >= 0.3 is 0 Å². The van der Waals surface area contributed by atoms with Gasteiger partial charge in [-0.25, -0.2) is 4.68 Å². The Morgan fingerprint density at radius 1 is 1.05 bits per heavy atom. The minimum atomic E-state index is 0.925. The predicted octanol–water partition coefficient (Wildman–Crippen LogP) is 3.48. The van der Waals surface area contributed by atoms with Crippen LogP contribution < -0.4 is 4.90 Å². The van der Waals surface area contributed by atoms with Gasteiger partial charge in [-0.1, -0.05) is 30.3 Å². The van der Waals surface area contributed by atoms with E-state index >= 15 is 0 Å². The third-order valence-corrected chi connectivity index (χ3v) is 4.02. The Bertz CT molecular complexity index is 539. The summed E-state index contributed by atoms with van der Waals surface area (Å²) in [6.45, 7) is 5.47. The first-order valence-electron chi connectivity index (χ1n) is 7.72. The van der Waals surface area contributed by atoms with E-state index in [0.717, 1.165) is 13.0 Å². The Morgan fingerprint density at radius 3 is 2.50 bits per heavy atom. The third-order valence-electron chi connectivity index (χ3n) is 4.02. The van der Waals surface area contributed by atoms with Gasteiger partial charge in [-0.2, -0.15) is 5.10 Å². The van der Waals surface area contributed by atoms with Gasteiger partial charge in [0.25, 0.3) is 0 Å². The van der Waals surface area contributed by atoms with E-state index in [1.54, 1.807) is 0 Å². The fourth-order valence-corrected chi connectivity index (χ4v) is 2.96. The van der Waals surface area contributed by atoms with Crippen LogP contribution in [0.15, 0.2) is 36.4 Å². The van der Waals surface area contributed by atoms with Crippen LogP contribution in [0.4, 0.5) is 5.82 Å². The van der Waals surface area contributed by atoms with E-state index < -0.39 is 0 Å². The van der Waals surface area contributed by atoms with Crippen LogP contribution in [0.1, 0.15) is 37.4 Å². The molecule has 1 aliphatic rings. The van der Waals surface area contributed by atoms with Crippen molar-refractivity contribution in [3.05, 3.63) is 47.7 Å². The predicted molar refractivity (Wildman–Crippen MR) is 83.2 cm³/mol. The van der Waals surface area contributed by atoms with E-state index in [1.807, 2.05) is 0 Å². The lowest BCUT2D eigenvalue weighted by Crippen LogP contribution is -2.31. The van der Waals surface area contributed by atoms with Crippen LogP contribution in [0.5, 0.6) is 0 Å². The van der Waals surface area contributed by atoms with E-state index in [2.05, 4.69) is 52.9 Å². The molecule has 1 aliphatic heterocycles. The van der Waals surface area contributed by atoms with Crippen molar-refractivity contribution in [2.75, 3.05) is 18.0 Å². The summed E-state index contributed by atoms with van der Waals surface area (Å²) >= 11 is 0. The van der Waals surface area contributed by atoms with Gasteiger partial charge in [-0.3, -0.25) is 0 Å². The van der Waals surface area contributed by atoms with E-state index in [9.17, 15) is 0 Å². The molecule has 20 heavy (non-hydrogen) atoms. The molecule has 3 rings (SSSR count). The number of rotatable bonds is 4. The normalized spacial score (nSPS) is 15.6. The highest BCUT2D eigenvalue weighted by Gasteiger charge is 2.16. The molecule has 0 radical (unpaired) electrons. The summed E-state index contributed by atoms with van der Waals surface area (Å²) in [5.41, 5.74) is 2.51. The van der Waals surface area contributed by atoms with Gasteiger partial charge in [0.1, 0.15) is 5.82 Å². The first-order valence-corrected chi connectivity index (χ1v) is 7.72. The summed E-state index contributed by atoms with van der Waals surface area (Å²) in [4.78, 5) is 2.49. The van der Waals surface area contributed by atoms with E-state index in [-0.39, 0.29) is 0 Å². The quantitative estimate of drug-likeness (QED) is 0.847. The minimum Gasteiger partial charge on any atom is -0.357 e. The summed E-state index contributed by atoms with van der Waals surface area (Å²) in [6, 6.07) is 12.9. The Hall–Kier alpha value is -1.77. The summed E-state index contributed by atoms with van der Waals surface area (Å²) in [5, 5.41) is 4.77. The zero-order chi connectivity index (χ0) is 13.8. The number of benzene rings is 1. The molecule has 3 nitrogen and oxygen atoms in total. The number of hydrogen-bond donors (Lipinski definition) is 0. The molecule has 0 spiro atoms. The average Bonchev–Trinajstić information content (AvgIpc) is 2.92. The second-order valence-electron chi connectivity index (χ2n) is 5.52. The maximum atomic E-state index is 4.77. The molecule has 0 bridgehead atoms. The summed E-state index contributed by atoms with van der Waals surface area (Å²) in [6.07, 6.45) is 4.91. The van der Waals surface area contributed by atoms with Gasteiger partial charge in [0.2, 0.25) is 0 Å². The largest absolute Gasteiger partial charge is 0.357 e. The van der Waals surface area contributed by atoms with E-state index in [0.29, 0.717) is 0 Å². The van der Waals surface area contributed by atoms with Crippen molar-refractivity contribution in [3.63, 3.8) is 0 Å². The number of hydrogen-bond acceptors (Lipinski definition) is 2. The maximum absolute atomic E-state index is 4.77. The van der Waals surface area contributed by atoms with E-state index in [1.165, 1.54) is 49.4 Å². The Labute approximate surface area is 121 Å². The van der Waals surface area contributed by atoms with Gasteiger partial charge in [0.05, 0.1) is 5.69 Å². The van der Waals surface area contributed by atoms with Crippen LogP contribution in [-0.2, 0) is 13.0 Å². The van der Waals surface area contributed by atoms with Gasteiger partial charge < -0.3 is 4.90 Å². The molecule has 0 aliphatic carbocycles. The monoisotopic (exact) mass is 269 g/mol. The van der Waals surface area contributed by atoms with Crippen molar-refractivity contribution < 1.29 is 0 Å². The Morgan fingerprint density at radius 2 is 1.80 bits per heavy atom. The number of anilines is 1. The van der Waals surface area contributed by atoms with Gasteiger partial charge in [-0.15, -0.1) is 0 Å². The van der Waals surface area contributed by atoms with Crippen LogP contribution in [0.2, 0.25) is 0 Å². The van der Waals surface area contributed by atoms with Crippen molar-refractivity contribution in [2.24, 2.45) is 0 Å². The molecule has 0 atom stereocenters. The fraction of sp³-hybridized carbons (Fsp3) is 0.471. The molecule has 2 heterocycles. The maximum Gasteiger partial charge on any atom is 0.127 e. The number of aromatic nitrogens is 2. The highest BCUT2D eigenvalue weighted by molar-refractivity contribution is 5.42. The smallest absolute Gasteiger partial charge is 0.127 e. The van der Waals surface area contributed by atoms with Crippen molar-refractivity contribution >= 4 is 5.82 Å². The van der Waals surface area contributed by atoms with E-state index in [4.69, 9.17) is 5.10 Å². The van der Waals surface area contributed by atoms with Crippen molar-refractivity contribution in [1.29, 1.82) is 0 Å². The van der Waals surface area contributed by atoms with Crippen molar-refractivity contribution in [2.45, 2.75) is 39.2 Å². The van der Waals surface area contributed by atoms with Gasteiger partial charge in [0.15, 0.2) is 0 Å². The molecule has 2 aromatic rings. The van der Waals surface area contributed by atoms with Crippen LogP contribution in [0, 0.1) is 0 Å². The first kappa shape index (κ1) is 13.2. The van der Waals surface area contributed by atoms with Gasteiger partial charge in [0, 0.05) is 32.1 Å². The standard InChI is InChI=1S/C17H23N3/c1-2-20-17(19-11-7-4-8-12-19)14-16(18-20)13-15-9-5-3-6-10-15/h3,5-6,9-10,14H,2,4,7-8,11-13H2,1H3.